The smallest absolute Gasteiger partial charge is 0.247 e. The quantitative estimate of drug-likeness (QED) is 0.878. The van der Waals surface area contributed by atoms with E-state index < -0.39 is 0 Å². The third-order valence-corrected chi connectivity index (χ3v) is 2.47. The molecule has 2 aromatic rings. The molecular formula is C13H17N3O2. The zero-order chi connectivity index (χ0) is 13.0. The molecule has 1 aromatic carbocycles. The molecule has 0 radical (unpaired) electrons. The number of ether oxygens (including phenoxy) is 1. The summed E-state index contributed by atoms with van der Waals surface area (Å²) in [5.74, 6) is 1.92. The van der Waals surface area contributed by atoms with Crippen LogP contribution in [0.15, 0.2) is 28.7 Å². The van der Waals surface area contributed by atoms with E-state index >= 15 is 0 Å². The van der Waals surface area contributed by atoms with Crippen molar-refractivity contribution in [3.05, 3.63) is 30.2 Å². The standard InChI is InChI=1S/C13H17N3O2/c1-9(2)14-8-12-15-16-13(18-12)10-4-6-11(17-3)7-5-10/h4-7,9,14H,8H2,1-3H3. The van der Waals surface area contributed by atoms with E-state index in [9.17, 15) is 0 Å². The summed E-state index contributed by atoms with van der Waals surface area (Å²) in [6.07, 6.45) is 0. The molecule has 1 heterocycles. The van der Waals surface area contributed by atoms with Crippen molar-refractivity contribution in [3.63, 3.8) is 0 Å². The average Bonchev–Trinajstić information content (AvgIpc) is 2.85. The van der Waals surface area contributed by atoms with E-state index in [2.05, 4.69) is 29.4 Å². The maximum atomic E-state index is 5.57. The van der Waals surface area contributed by atoms with Crippen LogP contribution in [-0.2, 0) is 6.54 Å². The van der Waals surface area contributed by atoms with E-state index in [4.69, 9.17) is 9.15 Å². The number of aromatic nitrogens is 2. The van der Waals surface area contributed by atoms with Crippen molar-refractivity contribution < 1.29 is 9.15 Å². The van der Waals surface area contributed by atoms with Gasteiger partial charge in [0.25, 0.3) is 0 Å². The molecule has 1 aromatic heterocycles. The van der Waals surface area contributed by atoms with Crippen molar-refractivity contribution in [3.8, 4) is 17.2 Å². The minimum Gasteiger partial charge on any atom is -0.497 e. The number of hydrogen-bond donors (Lipinski definition) is 1. The maximum Gasteiger partial charge on any atom is 0.247 e. The van der Waals surface area contributed by atoms with Crippen molar-refractivity contribution in [2.45, 2.75) is 26.4 Å². The summed E-state index contributed by atoms with van der Waals surface area (Å²) in [6.45, 7) is 4.72. The van der Waals surface area contributed by atoms with Gasteiger partial charge in [-0.2, -0.15) is 0 Å². The maximum absolute atomic E-state index is 5.57. The molecular weight excluding hydrogens is 230 g/mol. The molecule has 0 fully saturated rings. The Kier molecular flexibility index (Phi) is 3.94. The predicted molar refractivity (Wildman–Crippen MR) is 68.3 cm³/mol. The van der Waals surface area contributed by atoms with Crippen LogP contribution in [0.5, 0.6) is 5.75 Å². The molecule has 0 aliphatic rings. The minimum atomic E-state index is 0.390. The number of methoxy groups -OCH3 is 1. The van der Waals surface area contributed by atoms with E-state index in [0.717, 1.165) is 11.3 Å². The van der Waals surface area contributed by atoms with Crippen LogP contribution in [0.2, 0.25) is 0 Å². The zero-order valence-electron chi connectivity index (χ0n) is 10.8. The first kappa shape index (κ1) is 12.6. The largest absolute Gasteiger partial charge is 0.497 e. The fourth-order valence-corrected chi connectivity index (χ4v) is 1.47. The second kappa shape index (κ2) is 5.64. The van der Waals surface area contributed by atoms with Gasteiger partial charge < -0.3 is 14.5 Å². The van der Waals surface area contributed by atoms with E-state index in [-0.39, 0.29) is 0 Å². The first-order valence-electron chi connectivity index (χ1n) is 5.89. The van der Waals surface area contributed by atoms with Gasteiger partial charge in [0.1, 0.15) is 5.75 Å². The van der Waals surface area contributed by atoms with Crippen LogP contribution in [0.25, 0.3) is 11.5 Å². The molecule has 5 heteroatoms. The SMILES string of the molecule is COc1ccc(-c2nnc(CNC(C)C)o2)cc1. The minimum absolute atomic E-state index is 0.390. The van der Waals surface area contributed by atoms with Crippen molar-refractivity contribution in [2.24, 2.45) is 0 Å². The summed E-state index contributed by atoms with van der Waals surface area (Å²) in [7, 11) is 1.64. The van der Waals surface area contributed by atoms with Crippen LogP contribution in [0.1, 0.15) is 19.7 Å². The van der Waals surface area contributed by atoms with Crippen LogP contribution >= 0.6 is 0 Å². The second-order valence-electron chi connectivity index (χ2n) is 4.27. The molecule has 96 valence electrons. The van der Waals surface area contributed by atoms with Crippen molar-refractivity contribution in [1.82, 2.24) is 15.5 Å². The Morgan fingerprint density at radius 2 is 1.94 bits per heavy atom. The third-order valence-electron chi connectivity index (χ3n) is 2.47. The average molecular weight is 247 g/mol. The lowest BCUT2D eigenvalue weighted by molar-refractivity contribution is 0.414. The highest BCUT2D eigenvalue weighted by molar-refractivity contribution is 5.53. The zero-order valence-corrected chi connectivity index (χ0v) is 10.8. The summed E-state index contributed by atoms with van der Waals surface area (Å²) in [5.41, 5.74) is 0.888. The Bertz CT molecular complexity index is 491. The lowest BCUT2D eigenvalue weighted by Gasteiger charge is -2.03. The molecule has 5 nitrogen and oxygen atoms in total. The topological polar surface area (TPSA) is 60.2 Å². The van der Waals surface area contributed by atoms with E-state index in [1.165, 1.54) is 0 Å². The Hall–Kier alpha value is -1.88. The predicted octanol–water partition coefficient (Wildman–Crippen LogP) is 2.24. The second-order valence-corrected chi connectivity index (χ2v) is 4.27. The number of hydrogen-bond acceptors (Lipinski definition) is 5. The van der Waals surface area contributed by atoms with Gasteiger partial charge >= 0.3 is 0 Å². The van der Waals surface area contributed by atoms with E-state index in [0.29, 0.717) is 24.4 Å². The molecule has 0 bridgehead atoms. The Labute approximate surface area is 106 Å². The Balaban J connectivity index is 2.08. The van der Waals surface area contributed by atoms with Gasteiger partial charge in [-0.1, -0.05) is 13.8 Å². The number of nitrogens with zero attached hydrogens (tertiary/aromatic N) is 2. The van der Waals surface area contributed by atoms with Crippen molar-refractivity contribution >= 4 is 0 Å². The fraction of sp³-hybridized carbons (Fsp3) is 0.385. The molecule has 18 heavy (non-hydrogen) atoms. The highest BCUT2D eigenvalue weighted by atomic mass is 16.5. The summed E-state index contributed by atoms with van der Waals surface area (Å²) in [5, 5.41) is 11.2. The highest BCUT2D eigenvalue weighted by Gasteiger charge is 2.08. The molecule has 0 unspecified atom stereocenters. The van der Waals surface area contributed by atoms with Gasteiger partial charge in [0.15, 0.2) is 0 Å². The molecule has 1 N–H and O–H groups in total. The summed E-state index contributed by atoms with van der Waals surface area (Å²) in [4.78, 5) is 0. The number of benzene rings is 1. The van der Waals surface area contributed by atoms with Gasteiger partial charge in [0, 0.05) is 11.6 Å². The van der Waals surface area contributed by atoms with E-state index in [1.54, 1.807) is 7.11 Å². The van der Waals surface area contributed by atoms with Gasteiger partial charge in [-0.15, -0.1) is 10.2 Å². The lowest BCUT2D eigenvalue weighted by Crippen LogP contribution is -2.21. The first-order chi connectivity index (χ1) is 8.69. The van der Waals surface area contributed by atoms with Crippen LogP contribution < -0.4 is 10.1 Å². The molecule has 0 atom stereocenters. The summed E-state index contributed by atoms with van der Waals surface area (Å²) in [6, 6.07) is 7.91. The molecule has 0 spiro atoms. The van der Waals surface area contributed by atoms with Crippen molar-refractivity contribution in [2.75, 3.05) is 7.11 Å². The number of rotatable bonds is 5. The van der Waals surface area contributed by atoms with Crippen LogP contribution in [0, 0.1) is 0 Å². The third kappa shape index (κ3) is 3.07. The molecule has 0 saturated heterocycles. The monoisotopic (exact) mass is 247 g/mol. The lowest BCUT2D eigenvalue weighted by atomic mass is 10.2. The van der Waals surface area contributed by atoms with Crippen LogP contribution in [-0.4, -0.2) is 23.3 Å². The molecule has 0 aliphatic carbocycles. The summed E-state index contributed by atoms with van der Waals surface area (Å²) >= 11 is 0. The molecule has 0 saturated carbocycles. The highest BCUT2D eigenvalue weighted by Crippen LogP contribution is 2.20. The van der Waals surface area contributed by atoms with Crippen LogP contribution in [0.4, 0.5) is 0 Å². The van der Waals surface area contributed by atoms with Gasteiger partial charge in [0.2, 0.25) is 11.8 Å². The van der Waals surface area contributed by atoms with E-state index in [1.807, 2.05) is 24.3 Å². The van der Waals surface area contributed by atoms with Gasteiger partial charge in [-0.25, -0.2) is 0 Å². The van der Waals surface area contributed by atoms with Crippen molar-refractivity contribution in [1.29, 1.82) is 0 Å². The molecule has 0 aliphatic heterocycles. The van der Waals surface area contributed by atoms with Gasteiger partial charge in [-0.05, 0) is 24.3 Å². The van der Waals surface area contributed by atoms with Gasteiger partial charge in [-0.3, -0.25) is 0 Å². The summed E-state index contributed by atoms with van der Waals surface area (Å²) < 4.78 is 10.7. The first-order valence-corrected chi connectivity index (χ1v) is 5.89. The Morgan fingerprint density at radius 3 is 2.56 bits per heavy atom. The molecule has 2 rings (SSSR count). The molecule has 0 amide bonds. The van der Waals surface area contributed by atoms with Gasteiger partial charge in [0.05, 0.1) is 13.7 Å². The normalized spacial score (nSPS) is 10.9. The Morgan fingerprint density at radius 1 is 1.22 bits per heavy atom. The fourth-order valence-electron chi connectivity index (χ4n) is 1.47. The van der Waals surface area contributed by atoms with Crippen LogP contribution in [0.3, 0.4) is 0 Å². The number of nitrogens with one attached hydrogen (secondary N) is 1.